The summed E-state index contributed by atoms with van der Waals surface area (Å²) in [7, 11) is 1.27. The fourth-order valence-corrected chi connectivity index (χ4v) is 3.37. The van der Waals surface area contributed by atoms with Gasteiger partial charge in [-0.25, -0.2) is 4.79 Å². The number of methoxy groups -OCH3 is 1. The smallest absolute Gasteiger partial charge is 0.411 e. The fraction of sp³-hybridized carbons (Fsp3) is 0.333. The van der Waals surface area contributed by atoms with Crippen molar-refractivity contribution in [2.45, 2.75) is 38.0 Å². The summed E-state index contributed by atoms with van der Waals surface area (Å²) < 4.78 is 4.61. The van der Waals surface area contributed by atoms with Crippen molar-refractivity contribution in [3.8, 4) is 11.1 Å². The molecule has 1 aromatic carbocycles. The van der Waals surface area contributed by atoms with Crippen molar-refractivity contribution in [2.24, 2.45) is 0 Å². The lowest BCUT2D eigenvalue weighted by Gasteiger charge is -2.15. The van der Waals surface area contributed by atoms with Crippen molar-refractivity contribution in [3.05, 3.63) is 42.2 Å². The number of carbonyl (C=O) groups excluding carboxylic acids is 2. The first-order chi connectivity index (χ1) is 14.0. The monoisotopic (exact) mass is 397 g/mol. The van der Waals surface area contributed by atoms with Gasteiger partial charge < -0.3 is 15.2 Å². The van der Waals surface area contributed by atoms with Crippen LogP contribution in [-0.4, -0.2) is 35.2 Å². The third kappa shape index (κ3) is 5.10. The molecule has 0 aliphatic carbocycles. The van der Waals surface area contributed by atoms with E-state index in [-0.39, 0.29) is 5.91 Å². The highest BCUT2D eigenvalue weighted by Gasteiger charge is 2.22. The first-order valence-corrected chi connectivity index (χ1v) is 9.46. The van der Waals surface area contributed by atoms with Crippen LogP contribution in [0.3, 0.4) is 0 Å². The second-order valence-corrected chi connectivity index (χ2v) is 6.88. The molecule has 0 spiro atoms. The molecular formula is C21H23N3O5. The fourth-order valence-electron chi connectivity index (χ4n) is 3.37. The molecule has 0 saturated heterocycles. The minimum atomic E-state index is -0.906. The van der Waals surface area contributed by atoms with Gasteiger partial charge in [0, 0.05) is 23.9 Å². The van der Waals surface area contributed by atoms with Gasteiger partial charge in [-0.05, 0) is 42.7 Å². The van der Waals surface area contributed by atoms with Crippen LogP contribution in [0.2, 0.25) is 0 Å². The van der Waals surface area contributed by atoms with Crippen molar-refractivity contribution in [1.29, 1.82) is 0 Å². The van der Waals surface area contributed by atoms with Crippen LogP contribution in [0.4, 0.5) is 16.2 Å². The average molecular weight is 397 g/mol. The number of benzene rings is 1. The van der Waals surface area contributed by atoms with Gasteiger partial charge in [0.05, 0.1) is 24.4 Å². The molecule has 1 unspecified atom stereocenters. The molecule has 2 amide bonds. The van der Waals surface area contributed by atoms with Crippen LogP contribution in [0.15, 0.2) is 36.5 Å². The van der Waals surface area contributed by atoms with Gasteiger partial charge in [-0.3, -0.25) is 19.9 Å². The quantitative estimate of drug-likeness (QED) is 0.705. The molecule has 0 radical (unpaired) electrons. The van der Waals surface area contributed by atoms with Gasteiger partial charge in [0.25, 0.3) is 0 Å². The Morgan fingerprint density at radius 1 is 1.21 bits per heavy atom. The first-order valence-electron chi connectivity index (χ1n) is 9.46. The highest BCUT2D eigenvalue weighted by atomic mass is 16.5. The molecule has 152 valence electrons. The third-order valence-electron chi connectivity index (χ3n) is 4.87. The lowest BCUT2D eigenvalue weighted by Crippen LogP contribution is -2.14. The summed E-state index contributed by atoms with van der Waals surface area (Å²) in [6.07, 6.45) is 3.90. The minimum absolute atomic E-state index is 0.134. The molecule has 2 bridgehead atoms. The number of carboxylic acid groups (broad SMARTS) is 1. The SMILES string of the molecule is COC(=O)Nc1ccc2c(c1)NC(=O)CCCCCC(C(=O)O)c1cc-2ccn1. The van der Waals surface area contributed by atoms with Gasteiger partial charge in [0.2, 0.25) is 5.91 Å². The van der Waals surface area contributed by atoms with Gasteiger partial charge in [0.15, 0.2) is 0 Å². The minimum Gasteiger partial charge on any atom is -0.481 e. The number of fused-ring (bicyclic) bond motifs is 4. The number of hydrogen-bond acceptors (Lipinski definition) is 5. The average Bonchev–Trinajstić information content (AvgIpc) is 2.70. The van der Waals surface area contributed by atoms with Crippen LogP contribution in [-0.2, 0) is 14.3 Å². The van der Waals surface area contributed by atoms with Gasteiger partial charge in [0.1, 0.15) is 0 Å². The van der Waals surface area contributed by atoms with E-state index in [1.807, 2.05) is 0 Å². The molecule has 1 aliphatic heterocycles. The summed E-state index contributed by atoms with van der Waals surface area (Å²) >= 11 is 0. The maximum Gasteiger partial charge on any atom is 0.411 e. The highest BCUT2D eigenvalue weighted by molar-refractivity contribution is 5.97. The number of nitrogens with one attached hydrogen (secondary N) is 2. The molecule has 3 rings (SSSR count). The Bertz CT molecular complexity index is 928. The normalized spacial score (nSPS) is 16.9. The van der Waals surface area contributed by atoms with Gasteiger partial charge in [-0.2, -0.15) is 0 Å². The van der Waals surface area contributed by atoms with Crippen LogP contribution in [0.5, 0.6) is 0 Å². The lowest BCUT2D eigenvalue weighted by atomic mass is 9.94. The molecule has 2 heterocycles. The van der Waals surface area contributed by atoms with E-state index in [2.05, 4.69) is 20.4 Å². The summed E-state index contributed by atoms with van der Waals surface area (Å²) in [6, 6.07) is 8.61. The summed E-state index contributed by atoms with van der Waals surface area (Å²) in [5.74, 6) is -1.73. The largest absolute Gasteiger partial charge is 0.481 e. The number of aliphatic carboxylic acids is 1. The topological polar surface area (TPSA) is 118 Å². The van der Waals surface area contributed by atoms with E-state index in [0.29, 0.717) is 48.3 Å². The lowest BCUT2D eigenvalue weighted by molar-refractivity contribution is -0.139. The molecule has 1 atom stereocenters. The molecule has 3 N–H and O–H groups in total. The molecule has 8 nitrogen and oxygen atoms in total. The van der Waals surface area contributed by atoms with Gasteiger partial charge in [-0.15, -0.1) is 0 Å². The first kappa shape index (κ1) is 20.3. The molecule has 2 aromatic rings. The highest BCUT2D eigenvalue weighted by Crippen LogP contribution is 2.33. The summed E-state index contributed by atoms with van der Waals surface area (Å²) in [4.78, 5) is 40.0. The number of amides is 2. The zero-order valence-electron chi connectivity index (χ0n) is 16.1. The number of hydrogen-bond donors (Lipinski definition) is 3. The Kier molecular flexibility index (Phi) is 6.43. The number of ether oxygens (including phenoxy) is 1. The maximum absolute atomic E-state index is 12.4. The van der Waals surface area contributed by atoms with Crippen molar-refractivity contribution in [2.75, 3.05) is 17.7 Å². The molecule has 0 saturated carbocycles. The predicted octanol–water partition coefficient (Wildman–Crippen LogP) is 4.00. The number of pyridine rings is 1. The standard InChI is InChI=1S/C21H23N3O5/c1-29-21(28)23-14-7-8-15-13-9-10-22-17(11-13)16(20(26)27)5-3-2-4-6-19(25)24-18(15)12-14/h7-12,16H,2-6H2,1H3,(H,23,28)(H,24,25)(H,26,27). The summed E-state index contributed by atoms with van der Waals surface area (Å²) in [5, 5.41) is 15.1. The Labute approximate surface area is 168 Å². The van der Waals surface area contributed by atoms with Crippen LogP contribution in [0.1, 0.15) is 43.7 Å². The van der Waals surface area contributed by atoms with Crippen LogP contribution >= 0.6 is 0 Å². The molecule has 0 fully saturated rings. The van der Waals surface area contributed by atoms with Crippen molar-refractivity contribution >= 4 is 29.3 Å². The number of nitrogens with zero attached hydrogens (tertiary/aromatic N) is 1. The van der Waals surface area contributed by atoms with E-state index < -0.39 is 18.0 Å². The zero-order valence-corrected chi connectivity index (χ0v) is 16.1. The van der Waals surface area contributed by atoms with Crippen LogP contribution in [0, 0.1) is 0 Å². The second-order valence-electron chi connectivity index (χ2n) is 6.88. The Balaban J connectivity index is 2.06. The van der Waals surface area contributed by atoms with E-state index in [1.54, 1.807) is 36.5 Å². The van der Waals surface area contributed by atoms with Crippen molar-refractivity contribution in [3.63, 3.8) is 0 Å². The van der Waals surface area contributed by atoms with Crippen LogP contribution < -0.4 is 10.6 Å². The Morgan fingerprint density at radius 2 is 2.03 bits per heavy atom. The van der Waals surface area contributed by atoms with E-state index in [9.17, 15) is 19.5 Å². The van der Waals surface area contributed by atoms with Crippen LogP contribution in [0.25, 0.3) is 11.1 Å². The molecule has 1 aliphatic rings. The van der Waals surface area contributed by atoms with E-state index >= 15 is 0 Å². The van der Waals surface area contributed by atoms with E-state index in [0.717, 1.165) is 12.0 Å². The molecule has 29 heavy (non-hydrogen) atoms. The molecule has 1 aromatic heterocycles. The number of carbonyl (C=O) groups is 3. The molecular weight excluding hydrogens is 374 g/mol. The number of rotatable bonds is 2. The molecule has 8 heteroatoms. The second kappa shape index (κ2) is 9.18. The number of carboxylic acids is 1. The number of anilines is 2. The number of aromatic nitrogens is 1. The van der Waals surface area contributed by atoms with Gasteiger partial charge >= 0.3 is 12.1 Å². The van der Waals surface area contributed by atoms with E-state index in [4.69, 9.17) is 0 Å². The predicted molar refractivity (Wildman–Crippen MR) is 108 cm³/mol. The Morgan fingerprint density at radius 3 is 2.79 bits per heavy atom. The third-order valence-corrected chi connectivity index (χ3v) is 4.87. The van der Waals surface area contributed by atoms with Crippen molar-refractivity contribution < 1.29 is 24.2 Å². The van der Waals surface area contributed by atoms with Gasteiger partial charge in [-0.1, -0.05) is 18.9 Å². The Hall–Kier alpha value is -3.42. The van der Waals surface area contributed by atoms with E-state index in [1.165, 1.54) is 7.11 Å². The van der Waals surface area contributed by atoms with Crippen molar-refractivity contribution in [1.82, 2.24) is 4.98 Å². The zero-order chi connectivity index (χ0) is 20.8. The summed E-state index contributed by atoms with van der Waals surface area (Å²) in [5.41, 5.74) is 2.93. The maximum atomic E-state index is 12.4. The summed E-state index contributed by atoms with van der Waals surface area (Å²) in [6.45, 7) is 0.